The Kier molecular flexibility index (Phi) is 5.06. The lowest BCUT2D eigenvalue weighted by atomic mass is 9.84. The normalized spacial score (nSPS) is 15.6. The topological polar surface area (TPSA) is 44.5 Å². The van der Waals surface area contributed by atoms with E-state index in [1.54, 1.807) is 0 Å². The van der Waals surface area contributed by atoms with E-state index in [-0.39, 0.29) is 17.1 Å². The van der Waals surface area contributed by atoms with Crippen molar-refractivity contribution in [2.75, 3.05) is 6.61 Å². The van der Waals surface area contributed by atoms with E-state index in [1.165, 1.54) is 0 Å². The summed E-state index contributed by atoms with van der Waals surface area (Å²) in [6.45, 7) is 13.0. The molecule has 2 N–H and O–H groups in total. The van der Waals surface area contributed by atoms with E-state index in [0.717, 1.165) is 6.42 Å². The van der Waals surface area contributed by atoms with Crippen LogP contribution >= 0.6 is 0 Å². The maximum atomic E-state index is 5.67. The first-order chi connectivity index (χ1) is 6.23. The van der Waals surface area contributed by atoms with E-state index < -0.39 is 0 Å². The molecule has 0 bridgehead atoms. The van der Waals surface area contributed by atoms with Crippen LogP contribution in [0, 0.1) is 5.41 Å². The molecule has 0 aliphatic heterocycles. The monoisotopic (exact) mass is 203 g/mol. The van der Waals surface area contributed by atoms with Crippen molar-refractivity contribution >= 4 is 0 Å². The molecule has 0 radical (unpaired) electrons. The van der Waals surface area contributed by atoms with Gasteiger partial charge in [0.2, 0.25) is 0 Å². The van der Waals surface area contributed by atoms with Crippen LogP contribution in [0.3, 0.4) is 0 Å². The van der Waals surface area contributed by atoms with Gasteiger partial charge in [0.1, 0.15) is 6.10 Å². The number of nitrogens with two attached hydrogens (primary N) is 1. The zero-order valence-corrected chi connectivity index (χ0v) is 10.4. The summed E-state index contributed by atoms with van der Waals surface area (Å²) in [4.78, 5) is 4.98. The second-order valence-corrected chi connectivity index (χ2v) is 5.39. The van der Waals surface area contributed by atoms with Gasteiger partial charge in [0, 0.05) is 0 Å². The molecule has 0 saturated carbocycles. The van der Waals surface area contributed by atoms with Crippen LogP contribution in [-0.4, -0.2) is 18.3 Å². The number of ether oxygens (including phenoxy) is 1. The van der Waals surface area contributed by atoms with Crippen LogP contribution in [0.15, 0.2) is 0 Å². The van der Waals surface area contributed by atoms with E-state index in [9.17, 15) is 0 Å². The summed E-state index contributed by atoms with van der Waals surface area (Å²) in [6.07, 6.45) is 0.967. The molecule has 0 aromatic heterocycles. The summed E-state index contributed by atoms with van der Waals surface area (Å²) in [7, 11) is 0. The fraction of sp³-hybridized carbons (Fsp3) is 1.00. The highest BCUT2D eigenvalue weighted by molar-refractivity contribution is 4.78. The van der Waals surface area contributed by atoms with Gasteiger partial charge in [-0.05, 0) is 32.6 Å². The summed E-state index contributed by atoms with van der Waals surface area (Å²) in [5, 5.41) is 0. The van der Waals surface area contributed by atoms with Gasteiger partial charge in [0.15, 0.2) is 0 Å². The summed E-state index contributed by atoms with van der Waals surface area (Å²) >= 11 is 0. The number of hydrogen-bond donors (Lipinski definition) is 1. The van der Waals surface area contributed by atoms with Crippen LogP contribution in [-0.2, 0) is 9.57 Å². The fourth-order valence-corrected chi connectivity index (χ4v) is 1.00. The first kappa shape index (κ1) is 13.9. The van der Waals surface area contributed by atoms with Crippen molar-refractivity contribution in [1.29, 1.82) is 0 Å². The Morgan fingerprint density at radius 3 is 1.93 bits per heavy atom. The predicted molar refractivity (Wildman–Crippen MR) is 58.8 cm³/mol. The Labute approximate surface area is 87.9 Å². The summed E-state index contributed by atoms with van der Waals surface area (Å²) in [5.41, 5.74) is -0.0827. The molecule has 1 unspecified atom stereocenters. The molecule has 0 amide bonds. The Bertz CT molecular complexity index is 161. The van der Waals surface area contributed by atoms with Crippen molar-refractivity contribution in [2.24, 2.45) is 11.3 Å². The highest BCUT2D eigenvalue weighted by Crippen LogP contribution is 2.27. The predicted octanol–water partition coefficient (Wildman–Crippen LogP) is 2.50. The van der Waals surface area contributed by atoms with Crippen molar-refractivity contribution in [3.63, 3.8) is 0 Å². The molecule has 0 rings (SSSR count). The van der Waals surface area contributed by atoms with Crippen LogP contribution in [0.5, 0.6) is 0 Å². The third kappa shape index (κ3) is 4.94. The molecule has 0 saturated heterocycles. The largest absolute Gasteiger partial charge is 0.373 e. The van der Waals surface area contributed by atoms with Gasteiger partial charge in [-0.25, -0.2) is 5.90 Å². The third-order valence-electron chi connectivity index (χ3n) is 2.61. The fourth-order valence-electron chi connectivity index (χ4n) is 1.00. The second kappa shape index (κ2) is 5.10. The molecule has 0 fully saturated rings. The Morgan fingerprint density at radius 1 is 1.14 bits per heavy atom. The molecule has 0 spiro atoms. The molecule has 0 aromatic carbocycles. The van der Waals surface area contributed by atoms with Gasteiger partial charge in [-0.15, -0.1) is 0 Å². The van der Waals surface area contributed by atoms with Crippen LogP contribution in [0.1, 0.15) is 48.0 Å². The quantitative estimate of drug-likeness (QED) is 0.698. The minimum atomic E-state index is -0.138. The van der Waals surface area contributed by atoms with Gasteiger partial charge in [-0.2, -0.15) is 0 Å². The molecule has 0 aromatic rings. The first-order valence-corrected chi connectivity index (χ1v) is 5.22. The SMILES string of the molecule is CCC(C)(C)C(COC(C)(C)C)ON. The molecule has 86 valence electrons. The standard InChI is InChI=1S/C11H25NO2/c1-7-11(5,6)9(14-12)8-13-10(2,3)4/h9H,7-8,12H2,1-6H3. The van der Waals surface area contributed by atoms with Crippen molar-refractivity contribution in [1.82, 2.24) is 0 Å². The van der Waals surface area contributed by atoms with Gasteiger partial charge in [-0.3, -0.25) is 4.84 Å². The van der Waals surface area contributed by atoms with Gasteiger partial charge in [-0.1, -0.05) is 20.8 Å². The molecule has 1 atom stereocenters. The van der Waals surface area contributed by atoms with Gasteiger partial charge in [0.25, 0.3) is 0 Å². The lowest BCUT2D eigenvalue weighted by Crippen LogP contribution is -2.39. The van der Waals surface area contributed by atoms with Crippen molar-refractivity contribution in [3.8, 4) is 0 Å². The van der Waals surface area contributed by atoms with Gasteiger partial charge < -0.3 is 4.74 Å². The molecule has 0 aliphatic carbocycles. The molecular weight excluding hydrogens is 178 g/mol. The minimum absolute atomic E-state index is 0.0493. The summed E-state index contributed by atoms with van der Waals surface area (Å²) in [5.74, 6) is 5.28. The van der Waals surface area contributed by atoms with Crippen LogP contribution in [0.2, 0.25) is 0 Å². The Balaban J connectivity index is 4.17. The summed E-state index contributed by atoms with van der Waals surface area (Å²) in [6, 6.07) is 0. The van der Waals surface area contributed by atoms with Crippen molar-refractivity contribution in [2.45, 2.75) is 59.7 Å². The average Bonchev–Trinajstić information content (AvgIpc) is 2.03. The highest BCUT2D eigenvalue weighted by Gasteiger charge is 2.29. The van der Waals surface area contributed by atoms with E-state index >= 15 is 0 Å². The van der Waals surface area contributed by atoms with E-state index in [4.69, 9.17) is 15.5 Å². The molecule has 14 heavy (non-hydrogen) atoms. The third-order valence-corrected chi connectivity index (χ3v) is 2.61. The smallest absolute Gasteiger partial charge is 0.107 e. The highest BCUT2D eigenvalue weighted by atomic mass is 16.6. The zero-order chi connectivity index (χ0) is 11.4. The van der Waals surface area contributed by atoms with E-state index in [0.29, 0.717) is 6.61 Å². The molecule has 0 heterocycles. The number of hydrogen-bond acceptors (Lipinski definition) is 3. The molecular formula is C11H25NO2. The molecule has 0 aliphatic rings. The Hall–Kier alpha value is -0.120. The zero-order valence-electron chi connectivity index (χ0n) is 10.4. The first-order valence-electron chi connectivity index (χ1n) is 5.22. The summed E-state index contributed by atoms with van der Waals surface area (Å²) < 4.78 is 5.67. The molecule has 3 nitrogen and oxygen atoms in total. The lowest BCUT2D eigenvalue weighted by Gasteiger charge is -2.33. The van der Waals surface area contributed by atoms with Gasteiger partial charge >= 0.3 is 0 Å². The molecule has 3 heteroatoms. The van der Waals surface area contributed by atoms with E-state index in [2.05, 4.69) is 20.8 Å². The van der Waals surface area contributed by atoms with Crippen LogP contribution in [0.25, 0.3) is 0 Å². The Morgan fingerprint density at radius 2 is 1.64 bits per heavy atom. The van der Waals surface area contributed by atoms with Crippen LogP contribution < -0.4 is 5.90 Å². The maximum absolute atomic E-state index is 5.67. The van der Waals surface area contributed by atoms with Crippen molar-refractivity contribution in [3.05, 3.63) is 0 Å². The van der Waals surface area contributed by atoms with Crippen LogP contribution in [0.4, 0.5) is 0 Å². The number of rotatable bonds is 5. The second-order valence-electron chi connectivity index (χ2n) is 5.39. The maximum Gasteiger partial charge on any atom is 0.107 e. The van der Waals surface area contributed by atoms with Gasteiger partial charge in [0.05, 0.1) is 12.2 Å². The average molecular weight is 203 g/mol. The van der Waals surface area contributed by atoms with E-state index in [1.807, 2.05) is 20.8 Å². The lowest BCUT2D eigenvalue weighted by molar-refractivity contribution is -0.113. The van der Waals surface area contributed by atoms with Crippen molar-refractivity contribution < 1.29 is 9.57 Å². The minimum Gasteiger partial charge on any atom is -0.373 e.